The molecule has 0 saturated heterocycles. The fraction of sp³-hybridized carbons (Fsp3) is 0.107. The number of benzene rings is 3. The van der Waals surface area contributed by atoms with Crippen LogP contribution in [0.1, 0.15) is 28.4 Å². The number of nitrogens with zero attached hydrogens (tertiary/aromatic N) is 1. The van der Waals surface area contributed by atoms with Crippen LogP contribution in [-0.2, 0) is 16.1 Å². The van der Waals surface area contributed by atoms with E-state index in [0.717, 1.165) is 11.1 Å². The van der Waals surface area contributed by atoms with E-state index in [4.69, 9.17) is 14.6 Å². The summed E-state index contributed by atoms with van der Waals surface area (Å²) in [6.45, 7) is 2.11. The van der Waals surface area contributed by atoms with Gasteiger partial charge in [-0.3, -0.25) is 0 Å². The quantitative estimate of drug-likeness (QED) is 0.239. The molecule has 1 aliphatic rings. The molecule has 0 fully saturated rings. The van der Waals surface area contributed by atoms with Crippen molar-refractivity contribution >= 4 is 72.4 Å². The minimum Gasteiger partial charge on any atom is -0.506 e. The largest absolute Gasteiger partial charge is 0.506 e. The Bertz CT molecular complexity index is 1440. The lowest BCUT2D eigenvalue weighted by Gasteiger charge is -2.12. The number of aliphatic hydroxyl groups excluding tert-OH is 1. The van der Waals surface area contributed by atoms with Gasteiger partial charge in [0.05, 0.1) is 31.7 Å². The van der Waals surface area contributed by atoms with E-state index in [2.05, 4.69) is 36.9 Å². The first-order valence-corrected chi connectivity index (χ1v) is 13.8. The molecule has 0 amide bonds. The maximum atomic E-state index is 12.6. The van der Waals surface area contributed by atoms with Crippen molar-refractivity contribution in [2.24, 2.45) is 4.99 Å². The molecule has 3 aromatic rings. The van der Waals surface area contributed by atoms with Gasteiger partial charge in [-0.1, -0.05) is 42.1 Å². The molecule has 10 heteroatoms. The lowest BCUT2D eigenvalue weighted by Crippen LogP contribution is -2.12. The summed E-state index contributed by atoms with van der Waals surface area (Å²) in [6.07, 6.45) is 1.75. The molecule has 0 radical (unpaired) electrons. The highest BCUT2D eigenvalue weighted by Crippen LogP contribution is 2.42. The molecule has 0 aliphatic carbocycles. The smallest absolute Gasteiger partial charge is 0.344 e. The second-order valence-corrected chi connectivity index (χ2v) is 10.7. The number of thioether (sulfide) groups is 1. The van der Waals surface area contributed by atoms with Crippen LogP contribution in [0.25, 0.3) is 6.08 Å². The summed E-state index contributed by atoms with van der Waals surface area (Å²) < 4.78 is 12.4. The normalized spacial score (nSPS) is 15.2. The summed E-state index contributed by atoms with van der Waals surface area (Å²) in [5.41, 5.74) is 2.43. The molecular weight excluding hydrogens is 638 g/mol. The number of aliphatic hydroxyl groups is 1. The van der Waals surface area contributed by atoms with Crippen LogP contribution in [0.2, 0.25) is 0 Å². The van der Waals surface area contributed by atoms with Gasteiger partial charge in [0.25, 0.3) is 0 Å². The van der Waals surface area contributed by atoms with Gasteiger partial charge in [0.2, 0.25) is 0 Å². The van der Waals surface area contributed by atoms with E-state index in [9.17, 15) is 14.7 Å². The number of carboxylic acids is 1. The Hall–Kier alpha value is -3.34. The predicted octanol–water partition coefficient (Wildman–Crippen LogP) is 7.68. The molecule has 2 N–H and O–H groups in total. The number of halogens is 2. The highest BCUT2D eigenvalue weighted by atomic mass is 79.9. The summed E-state index contributed by atoms with van der Waals surface area (Å²) in [4.78, 5) is 28.7. The molecule has 0 bridgehead atoms. The van der Waals surface area contributed by atoms with Gasteiger partial charge in [-0.15, -0.1) is 0 Å². The van der Waals surface area contributed by atoms with Crippen molar-refractivity contribution in [3.63, 3.8) is 0 Å². The number of hydrogen-bond donors (Lipinski definition) is 2. The van der Waals surface area contributed by atoms with Crippen LogP contribution < -0.4 is 4.74 Å². The van der Waals surface area contributed by atoms with Gasteiger partial charge in [-0.25, -0.2) is 14.6 Å². The average Bonchev–Trinajstić information content (AvgIpc) is 3.18. The number of carboxylic acid groups (broad SMARTS) is 1. The predicted molar refractivity (Wildman–Crippen MR) is 155 cm³/mol. The van der Waals surface area contributed by atoms with Crippen molar-refractivity contribution in [3.8, 4) is 5.75 Å². The van der Waals surface area contributed by atoms with Crippen LogP contribution in [0.5, 0.6) is 5.75 Å². The monoisotopic (exact) mass is 657 g/mol. The Kier molecular flexibility index (Phi) is 9.09. The lowest BCUT2D eigenvalue weighted by molar-refractivity contribution is -0.138. The summed E-state index contributed by atoms with van der Waals surface area (Å²) >= 11 is 8.25. The van der Waals surface area contributed by atoms with Crippen molar-refractivity contribution in [3.05, 3.63) is 109 Å². The molecule has 0 unspecified atom stereocenters. The standard InChI is InChI=1S/C28H21Br2NO6S/c1-2-36-28(35)23-24(32)22(38-26(23)31-19-6-4-3-5-7-19)14-17-12-20(29)25(21(30)13-17)37-15-16-8-10-18(11-9-16)27(33)34/h3-14,32H,2,15H2,1H3,(H,33,34)/b22-14-,31-26?. The second-order valence-electron chi connectivity index (χ2n) is 7.91. The molecule has 1 aliphatic heterocycles. The molecule has 0 spiro atoms. The maximum absolute atomic E-state index is 12.6. The minimum atomic E-state index is -0.984. The number of esters is 1. The van der Waals surface area contributed by atoms with Crippen LogP contribution in [0.15, 0.2) is 96.9 Å². The lowest BCUT2D eigenvalue weighted by atomic mass is 10.1. The van der Waals surface area contributed by atoms with Crippen LogP contribution in [0.4, 0.5) is 5.69 Å². The van der Waals surface area contributed by atoms with E-state index >= 15 is 0 Å². The molecule has 0 aromatic heterocycles. The van der Waals surface area contributed by atoms with Gasteiger partial charge in [0.15, 0.2) is 0 Å². The van der Waals surface area contributed by atoms with E-state index < -0.39 is 11.9 Å². The Morgan fingerprint density at radius 1 is 1.03 bits per heavy atom. The first kappa shape index (κ1) is 27.7. The average molecular weight is 659 g/mol. The molecule has 1 heterocycles. The molecular formula is C28H21Br2NO6S. The fourth-order valence-corrected chi connectivity index (χ4v) is 5.95. The van der Waals surface area contributed by atoms with Crippen molar-refractivity contribution in [1.29, 1.82) is 0 Å². The molecule has 0 atom stereocenters. The van der Waals surface area contributed by atoms with Crippen molar-refractivity contribution in [2.75, 3.05) is 6.61 Å². The van der Waals surface area contributed by atoms with Crippen LogP contribution in [0, 0.1) is 0 Å². The maximum Gasteiger partial charge on any atom is 0.344 e. The highest BCUT2D eigenvalue weighted by molar-refractivity contribution is 9.11. The van der Waals surface area contributed by atoms with E-state index in [-0.39, 0.29) is 30.1 Å². The summed E-state index contributed by atoms with van der Waals surface area (Å²) in [5, 5.41) is 20.3. The zero-order chi connectivity index (χ0) is 27.2. The van der Waals surface area contributed by atoms with Gasteiger partial charge in [-0.2, -0.15) is 0 Å². The van der Waals surface area contributed by atoms with E-state index in [0.29, 0.717) is 30.3 Å². The number of ether oxygens (including phenoxy) is 2. The zero-order valence-corrected chi connectivity index (χ0v) is 24.0. The summed E-state index contributed by atoms with van der Waals surface area (Å²) in [7, 11) is 0. The molecule has 3 aromatic carbocycles. The Balaban J connectivity index is 1.59. The van der Waals surface area contributed by atoms with E-state index in [1.165, 1.54) is 23.9 Å². The number of para-hydroxylation sites is 1. The topological polar surface area (TPSA) is 105 Å². The molecule has 194 valence electrons. The number of hydrogen-bond acceptors (Lipinski definition) is 7. The third kappa shape index (κ3) is 6.56. The Morgan fingerprint density at radius 2 is 1.68 bits per heavy atom. The Labute approximate surface area is 240 Å². The van der Waals surface area contributed by atoms with E-state index in [1.54, 1.807) is 25.1 Å². The minimum absolute atomic E-state index is 0.0268. The highest BCUT2D eigenvalue weighted by Gasteiger charge is 2.33. The SMILES string of the molecule is CCOC(=O)C1=C(O)/C(=C/c2cc(Br)c(OCc3ccc(C(=O)O)cc3)c(Br)c2)SC1=Nc1ccccc1. The Morgan fingerprint density at radius 3 is 2.29 bits per heavy atom. The molecule has 7 nitrogen and oxygen atoms in total. The third-order valence-corrected chi connectivity index (χ3v) is 7.46. The van der Waals surface area contributed by atoms with Crippen LogP contribution in [-0.4, -0.2) is 33.8 Å². The zero-order valence-electron chi connectivity index (χ0n) is 20.0. The van der Waals surface area contributed by atoms with Gasteiger partial charge >= 0.3 is 11.9 Å². The van der Waals surface area contributed by atoms with Crippen molar-refractivity contribution < 1.29 is 29.3 Å². The number of carbonyl (C=O) groups is 2. The molecule has 38 heavy (non-hydrogen) atoms. The van der Waals surface area contributed by atoms with E-state index in [1.807, 2.05) is 42.5 Å². The van der Waals surface area contributed by atoms with Gasteiger partial charge in [0, 0.05) is 0 Å². The third-order valence-electron chi connectivity index (χ3n) is 5.26. The summed E-state index contributed by atoms with van der Waals surface area (Å²) in [6, 6.07) is 19.3. The van der Waals surface area contributed by atoms with Crippen molar-refractivity contribution in [2.45, 2.75) is 13.5 Å². The van der Waals surface area contributed by atoms with Gasteiger partial charge in [-0.05, 0) is 92.4 Å². The first-order chi connectivity index (χ1) is 18.3. The van der Waals surface area contributed by atoms with Crippen molar-refractivity contribution in [1.82, 2.24) is 0 Å². The number of aliphatic imine (C=N–C) groups is 1. The number of carbonyl (C=O) groups excluding carboxylic acids is 1. The van der Waals surface area contributed by atoms with Gasteiger partial charge in [0.1, 0.15) is 28.7 Å². The number of rotatable bonds is 8. The molecule has 4 rings (SSSR count). The first-order valence-electron chi connectivity index (χ1n) is 11.3. The van der Waals surface area contributed by atoms with Gasteiger partial charge < -0.3 is 19.7 Å². The molecule has 0 saturated carbocycles. The van der Waals surface area contributed by atoms with Crippen LogP contribution >= 0.6 is 43.6 Å². The van der Waals surface area contributed by atoms with Crippen LogP contribution in [0.3, 0.4) is 0 Å². The second kappa shape index (κ2) is 12.5. The fourth-order valence-electron chi connectivity index (χ4n) is 3.46. The summed E-state index contributed by atoms with van der Waals surface area (Å²) in [5.74, 6) is -1.26. The number of aromatic carboxylic acids is 1.